The second-order valence-electron chi connectivity index (χ2n) is 5.45. The molecule has 2 heterocycles. The van der Waals surface area contributed by atoms with E-state index in [-0.39, 0.29) is 18.4 Å². The monoisotopic (exact) mass is 362 g/mol. The van der Waals surface area contributed by atoms with Gasteiger partial charge in [0.05, 0.1) is 12.0 Å². The molecule has 25 heavy (non-hydrogen) atoms. The smallest absolute Gasteiger partial charge is 0.255 e. The second-order valence-corrected chi connectivity index (χ2v) is 6.48. The molecule has 1 aliphatic rings. The first-order valence-corrected chi connectivity index (χ1v) is 8.40. The van der Waals surface area contributed by atoms with Gasteiger partial charge in [0.2, 0.25) is 5.91 Å². The molecule has 0 saturated heterocycles. The molecule has 0 aliphatic carbocycles. The zero-order valence-electron chi connectivity index (χ0n) is 13.8. The van der Waals surface area contributed by atoms with Gasteiger partial charge in [0.15, 0.2) is 23.2 Å². The average molecular weight is 362 g/mol. The fraction of sp³-hybridized carbons (Fsp3) is 0.312. The van der Waals surface area contributed by atoms with Crippen molar-refractivity contribution in [3.05, 3.63) is 28.6 Å². The van der Waals surface area contributed by atoms with Crippen LogP contribution in [0.1, 0.15) is 22.8 Å². The molecule has 0 fully saturated rings. The van der Waals surface area contributed by atoms with Crippen molar-refractivity contribution in [2.75, 3.05) is 31.4 Å². The van der Waals surface area contributed by atoms with Gasteiger partial charge in [-0.1, -0.05) is 17.4 Å². The number of nitrogens with two attached hydrogens (primary N) is 1. The van der Waals surface area contributed by atoms with Crippen LogP contribution in [0, 0.1) is 0 Å². The van der Waals surface area contributed by atoms with E-state index in [0.29, 0.717) is 23.7 Å². The van der Waals surface area contributed by atoms with Gasteiger partial charge < -0.3 is 25.8 Å². The lowest BCUT2D eigenvalue weighted by Gasteiger charge is -2.22. The summed E-state index contributed by atoms with van der Waals surface area (Å²) in [6, 6.07) is 5.40. The number of primary amides is 1. The number of fused-ring (bicyclic) bond motifs is 1. The highest BCUT2D eigenvalue weighted by molar-refractivity contribution is 7.16. The van der Waals surface area contributed by atoms with Gasteiger partial charge in [-0.3, -0.25) is 9.59 Å². The molecule has 3 rings (SSSR count). The van der Waals surface area contributed by atoms with Gasteiger partial charge in [-0.25, -0.2) is 4.98 Å². The third kappa shape index (κ3) is 3.50. The Morgan fingerprint density at radius 2 is 2.28 bits per heavy atom. The molecule has 0 saturated carbocycles. The number of carbonyl (C=O) groups excluding carboxylic acids is 2. The van der Waals surface area contributed by atoms with Gasteiger partial charge in [0.25, 0.3) is 5.91 Å². The number of carbonyl (C=O) groups is 2. The van der Waals surface area contributed by atoms with Crippen LogP contribution in [0.5, 0.6) is 11.5 Å². The average Bonchev–Trinajstić information content (AvgIpc) is 3.01. The number of aromatic nitrogens is 1. The highest BCUT2D eigenvalue weighted by atomic mass is 32.1. The molecule has 1 aliphatic heterocycles. The Labute approximate surface area is 148 Å². The van der Waals surface area contributed by atoms with E-state index in [1.807, 2.05) is 6.07 Å². The van der Waals surface area contributed by atoms with Crippen molar-refractivity contribution in [2.45, 2.75) is 12.3 Å². The molecule has 8 nitrogen and oxygen atoms in total. The van der Waals surface area contributed by atoms with Gasteiger partial charge in [-0.15, -0.1) is 0 Å². The number of benzene rings is 1. The Morgan fingerprint density at radius 3 is 2.96 bits per heavy atom. The van der Waals surface area contributed by atoms with Crippen molar-refractivity contribution < 1.29 is 19.1 Å². The first kappa shape index (κ1) is 17.0. The first-order valence-electron chi connectivity index (χ1n) is 7.59. The SMILES string of the molecule is CNc1nc2c(s1)[C@H](c1ccc(OC)c(OCC(N)=O)c1)CC(=O)N2. The summed E-state index contributed by atoms with van der Waals surface area (Å²) in [5.74, 6) is 0.653. The summed E-state index contributed by atoms with van der Waals surface area (Å²) in [4.78, 5) is 28.4. The van der Waals surface area contributed by atoms with Crippen LogP contribution < -0.4 is 25.8 Å². The first-order chi connectivity index (χ1) is 12.0. The fourth-order valence-electron chi connectivity index (χ4n) is 2.67. The minimum atomic E-state index is -0.576. The molecule has 132 valence electrons. The lowest BCUT2D eigenvalue weighted by Crippen LogP contribution is -2.23. The normalized spacial score (nSPS) is 15.9. The van der Waals surface area contributed by atoms with E-state index in [1.54, 1.807) is 19.2 Å². The topological polar surface area (TPSA) is 116 Å². The standard InChI is InChI=1S/C16H18N4O4S/c1-18-16-20-15-14(25-16)9(6-13(22)19-15)8-3-4-10(23-2)11(5-8)24-7-12(17)21/h3-5,9H,6-7H2,1-2H3,(H2,17,21)(H,18,20)(H,19,22)/t9-/m0/s1. The fourth-order valence-corrected chi connectivity index (χ4v) is 3.67. The van der Waals surface area contributed by atoms with Crippen molar-refractivity contribution in [1.82, 2.24) is 4.98 Å². The molecule has 2 amide bonds. The van der Waals surface area contributed by atoms with Gasteiger partial charge in [0, 0.05) is 19.4 Å². The van der Waals surface area contributed by atoms with Crippen LogP contribution >= 0.6 is 11.3 Å². The summed E-state index contributed by atoms with van der Waals surface area (Å²) in [6.45, 7) is -0.249. The largest absolute Gasteiger partial charge is 0.493 e. The Morgan fingerprint density at radius 1 is 1.48 bits per heavy atom. The molecular formula is C16H18N4O4S. The predicted molar refractivity (Wildman–Crippen MR) is 94.4 cm³/mol. The van der Waals surface area contributed by atoms with Crippen LogP contribution in [0.15, 0.2) is 18.2 Å². The summed E-state index contributed by atoms with van der Waals surface area (Å²) in [6.07, 6.45) is 0.305. The van der Waals surface area contributed by atoms with E-state index >= 15 is 0 Å². The maximum absolute atomic E-state index is 12.0. The van der Waals surface area contributed by atoms with E-state index in [1.165, 1.54) is 18.4 Å². The molecule has 4 N–H and O–H groups in total. The van der Waals surface area contributed by atoms with Gasteiger partial charge in [-0.2, -0.15) is 0 Å². The molecule has 1 aromatic heterocycles. The highest BCUT2D eigenvalue weighted by Gasteiger charge is 2.30. The molecule has 9 heteroatoms. The Kier molecular flexibility index (Phi) is 4.75. The predicted octanol–water partition coefficient (Wildman–Crippen LogP) is 1.53. The number of thiazole rings is 1. The summed E-state index contributed by atoms with van der Waals surface area (Å²) < 4.78 is 10.7. The van der Waals surface area contributed by atoms with E-state index < -0.39 is 5.91 Å². The summed E-state index contributed by atoms with van der Waals surface area (Å²) in [7, 11) is 3.30. The van der Waals surface area contributed by atoms with E-state index in [0.717, 1.165) is 15.6 Å². The lowest BCUT2D eigenvalue weighted by atomic mass is 9.91. The van der Waals surface area contributed by atoms with Crippen LogP contribution in [0.25, 0.3) is 0 Å². The Balaban J connectivity index is 1.98. The number of nitrogens with one attached hydrogen (secondary N) is 2. The van der Waals surface area contributed by atoms with Crippen molar-refractivity contribution >= 4 is 34.1 Å². The molecule has 0 unspecified atom stereocenters. The number of rotatable bonds is 6. The van der Waals surface area contributed by atoms with E-state index in [4.69, 9.17) is 15.2 Å². The molecule has 0 spiro atoms. The molecular weight excluding hydrogens is 344 g/mol. The van der Waals surface area contributed by atoms with Gasteiger partial charge in [0.1, 0.15) is 5.82 Å². The minimum Gasteiger partial charge on any atom is -0.493 e. The number of nitrogens with zero attached hydrogens (tertiary/aromatic N) is 1. The van der Waals surface area contributed by atoms with Crippen molar-refractivity contribution in [2.24, 2.45) is 5.73 Å². The lowest BCUT2D eigenvalue weighted by molar-refractivity contribution is -0.120. The third-order valence-electron chi connectivity index (χ3n) is 3.79. The van der Waals surface area contributed by atoms with Crippen molar-refractivity contribution in [1.29, 1.82) is 0 Å². The maximum Gasteiger partial charge on any atom is 0.255 e. The number of ether oxygens (including phenoxy) is 2. The molecule has 0 bridgehead atoms. The van der Waals surface area contributed by atoms with E-state index in [2.05, 4.69) is 15.6 Å². The number of amides is 2. The van der Waals surface area contributed by atoms with Crippen LogP contribution in [-0.4, -0.2) is 37.6 Å². The minimum absolute atomic E-state index is 0.0964. The molecule has 1 aromatic carbocycles. The van der Waals surface area contributed by atoms with Crippen molar-refractivity contribution in [3.63, 3.8) is 0 Å². The van der Waals surface area contributed by atoms with Gasteiger partial charge >= 0.3 is 0 Å². The van der Waals surface area contributed by atoms with Crippen LogP contribution in [0.4, 0.5) is 10.9 Å². The Hall–Kier alpha value is -2.81. The molecule has 2 aromatic rings. The van der Waals surface area contributed by atoms with Crippen molar-refractivity contribution in [3.8, 4) is 11.5 Å². The van der Waals surface area contributed by atoms with Crippen LogP contribution in [0.2, 0.25) is 0 Å². The van der Waals surface area contributed by atoms with Gasteiger partial charge in [-0.05, 0) is 17.7 Å². The number of hydrogen-bond donors (Lipinski definition) is 3. The zero-order valence-corrected chi connectivity index (χ0v) is 14.6. The van der Waals surface area contributed by atoms with E-state index in [9.17, 15) is 9.59 Å². The maximum atomic E-state index is 12.0. The van der Waals surface area contributed by atoms with Crippen LogP contribution in [-0.2, 0) is 9.59 Å². The summed E-state index contributed by atoms with van der Waals surface area (Å²) >= 11 is 1.49. The molecule has 1 atom stereocenters. The Bertz CT molecular complexity index is 820. The molecule has 0 radical (unpaired) electrons. The number of methoxy groups -OCH3 is 1. The summed E-state index contributed by atoms with van der Waals surface area (Å²) in [5, 5.41) is 6.52. The van der Waals surface area contributed by atoms with Crippen LogP contribution in [0.3, 0.4) is 0 Å². The quantitative estimate of drug-likeness (QED) is 0.718. The third-order valence-corrected chi connectivity index (χ3v) is 4.98. The highest BCUT2D eigenvalue weighted by Crippen LogP contribution is 2.43. The summed E-state index contributed by atoms with van der Waals surface area (Å²) in [5.41, 5.74) is 6.02. The second kappa shape index (κ2) is 6.98. The zero-order chi connectivity index (χ0) is 18.0. The number of hydrogen-bond acceptors (Lipinski definition) is 7. The number of anilines is 2.